The molecule has 1 unspecified atom stereocenters. The molecule has 18 heavy (non-hydrogen) atoms. The van der Waals surface area contributed by atoms with E-state index in [-0.39, 0.29) is 11.9 Å². The van der Waals surface area contributed by atoms with Crippen LogP contribution < -0.4 is 5.32 Å². The molecule has 96 valence electrons. The van der Waals surface area contributed by atoms with Crippen LogP contribution >= 0.6 is 0 Å². The van der Waals surface area contributed by atoms with E-state index < -0.39 is 0 Å². The van der Waals surface area contributed by atoms with Crippen molar-refractivity contribution in [3.8, 4) is 6.07 Å². The number of aryl methyl sites for hydroxylation is 1. The normalized spacial score (nSPS) is 11.5. The van der Waals surface area contributed by atoms with Gasteiger partial charge in [-0.15, -0.1) is 0 Å². The van der Waals surface area contributed by atoms with Gasteiger partial charge >= 0.3 is 0 Å². The number of nitrogens with one attached hydrogen (secondary N) is 1. The number of hydrogen-bond donors (Lipinski definition) is 1. The van der Waals surface area contributed by atoms with E-state index >= 15 is 0 Å². The standard InChI is InChI=1S/C13H18N4O/c1-5-17(4)13(18)10(3)16-12-7-11(8-14)6-9(2)15-12/h6-7,10H,5H2,1-4H3,(H,15,16). The molecule has 0 radical (unpaired) electrons. The Morgan fingerprint density at radius 2 is 2.28 bits per heavy atom. The number of carbonyl (C=O) groups excluding carboxylic acids is 1. The van der Waals surface area contributed by atoms with Gasteiger partial charge in [0.1, 0.15) is 11.9 Å². The van der Waals surface area contributed by atoms with Gasteiger partial charge in [-0.25, -0.2) is 4.98 Å². The molecule has 0 saturated heterocycles. The van der Waals surface area contributed by atoms with Gasteiger partial charge in [-0.1, -0.05) is 0 Å². The molecular weight excluding hydrogens is 228 g/mol. The van der Waals surface area contributed by atoms with Crippen LogP contribution in [-0.4, -0.2) is 35.4 Å². The molecule has 0 bridgehead atoms. The summed E-state index contributed by atoms with van der Waals surface area (Å²) in [7, 11) is 1.75. The van der Waals surface area contributed by atoms with Crippen LogP contribution in [0.5, 0.6) is 0 Å². The smallest absolute Gasteiger partial charge is 0.244 e. The van der Waals surface area contributed by atoms with Crippen molar-refractivity contribution in [2.45, 2.75) is 26.8 Å². The van der Waals surface area contributed by atoms with E-state index in [1.165, 1.54) is 0 Å². The van der Waals surface area contributed by atoms with Crippen molar-refractivity contribution < 1.29 is 4.79 Å². The fraction of sp³-hybridized carbons (Fsp3) is 0.462. The summed E-state index contributed by atoms with van der Waals surface area (Å²) in [5.41, 5.74) is 1.29. The third-order valence-electron chi connectivity index (χ3n) is 2.67. The molecule has 1 atom stereocenters. The summed E-state index contributed by atoms with van der Waals surface area (Å²) in [6, 6.07) is 5.05. The lowest BCUT2D eigenvalue weighted by molar-refractivity contribution is -0.130. The lowest BCUT2D eigenvalue weighted by Gasteiger charge is -2.21. The molecular formula is C13H18N4O. The van der Waals surface area contributed by atoms with Gasteiger partial charge in [0.2, 0.25) is 5.91 Å². The minimum absolute atomic E-state index is 0.000635. The van der Waals surface area contributed by atoms with Crippen LogP contribution in [0, 0.1) is 18.3 Å². The second-order valence-corrected chi connectivity index (χ2v) is 4.21. The van der Waals surface area contributed by atoms with Crippen molar-refractivity contribution in [2.75, 3.05) is 18.9 Å². The number of nitrogens with zero attached hydrogens (tertiary/aromatic N) is 3. The zero-order valence-electron chi connectivity index (χ0n) is 11.2. The fourth-order valence-corrected chi connectivity index (χ4v) is 1.58. The minimum Gasteiger partial charge on any atom is -0.359 e. The highest BCUT2D eigenvalue weighted by Crippen LogP contribution is 2.11. The SMILES string of the molecule is CCN(C)C(=O)C(C)Nc1cc(C#N)cc(C)n1. The van der Waals surface area contributed by atoms with E-state index in [1.54, 1.807) is 31.0 Å². The van der Waals surface area contributed by atoms with Gasteiger partial charge in [0, 0.05) is 19.3 Å². The summed E-state index contributed by atoms with van der Waals surface area (Å²) in [6.45, 7) is 6.18. The Balaban J connectivity index is 2.82. The molecule has 5 nitrogen and oxygen atoms in total. The first-order valence-electron chi connectivity index (χ1n) is 5.88. The Labute approximate surface area is 107 Å². The summed E-state index contributed by atoms with van der Waals surface area (Å²) in [5.74, 6) is 0.552. The molecule has 1 aromatic heterocycles. The summed E-state index contributed by atoms with van der Waals surface area (Å²) < 4.78 is 0. The lowest BCUT2D eigenvalue weighted by atomic mass is 10.2. The number of likely N-dealkylation sites (N-methyl/N-ethyl adjacent to an activating group) is 1. The maximum absolute atomic E-state index is 11.9. The topological polar surface area (TPSA) is 69.0 Å². The molecule has 1 aromatic rings. The highest BCUT2D eigenvalue weighted by atomic mass is 16.2. The monoisotopic (exact) mass is 246 g/mol. The molecule has 0 fully saturated rings. The Bertz CT molecular complexity index is 478. The van der Waals surface area contributed by atoms with E-state index in [1.807, 2.05) is 13.8 Å². The van der Waals surface area contributed by atoms with E-state index in [2.05, 4.69) is 16.4 Å². The average molecular weight is 246 g/mol. The van der Waals surface area contributed by atoms with E-state index in [9.17, 15) is 4.79 Å². The van der Waals surface area contributed by atoms with E-state index in [4.69, 9.17) is 5.26 Å². The highest BCUT2D eigenvalue weighted by Gasteiger charge is 2.16. The van der Waals surface area contributed by atoms with Crippen LogP contribution in [0.25, 0.3) is 0 Å². The quantitative estimate of drug-likeness (QED) is 0.875. The number of pyridine rings is 1. The molecule has 0 spiro atoms. The second kappa shape index (κ2) is 6.01. The third-order valence-corrected chi connectivity index (χ3v) is 2.67. The van der Waals surface area contributed by atoms with Gasteiger partial charge in [-0.3, -0.25) is 4.79 Å². The fourth-order valence-electron chi connectivity index (χ4n) is 1.58. The summed E-state index contributed by atoms with van der Waals surface area (Å²) in [4.78, 5) is 17.8. The van der Waals surface area contributed by atoms with Crippen molar-refractivity contribution in [3.05, 3.63) is 23.4 Å². The Hall–Kier alpha value is -2.09. The highest BCUT2D eigenvalue weighted by molar-refractivity contribution is 5.83. The van der Waals surface area contributed by atoms with Crippen LogP contribution in [0.15, 0.2) is 12.1 Å². The van der Waals surface area contributed by atoms with Crippen LogP contribution in [0.3, 0.4) is 0 Å². The van der Waals surface area contributed by atoms with Crippen molar-refractivity contribution in [1.82, 2.24) is 9.88 Å². The summed E-state index contributed by atoms with van der Waals surface area (Å²) >= 11 is 0. The molecule has 1 heterocycles. The van der Waals surface area contributed by atoms with Gasteiger partial charge < -0.3 is 10.2 Å². The Morgan fingerprint density at radius 3 is 2.83 bits per heavy atom. The molecule has 0 aliphatic carbocycles. The molecule has 0 aliphatic rings. The van der Waals surface area contributed by atoms with Gasteiger partial charge in [0.05, 0.1) is 11.6 Å². The Morgan fingerprint density at radius 1 is 1.61 bits per heavy atom. The van der Waals surface area contributed by atoms with Gasteiger partial charge in [0.15, 0.2) is 0 Å². The Kier molecular flexibility index (Phi) is 4.67. The molecule has 1 rings (SSSR count). The number of nitriles is 1. The molecule has 0 aromatic carbocycles. The molecule has 5 heteroatoms. The number of aromatic nitrogens is 1. The van der Waals surface area contributed by atoms with Crippen LogP contribution in [-0.2, 0) is 4.79 Å². The van der Waals surface area contributed by atoms with Crippen LogP contribution in [0.1, 0.15) is 25.1 Å². The van der Waals surface area contributed by atoms with Crippen LogP contribution in [0.4, 0.5) is 5.82 Å². The number of hydrogen-bond acceptors (Lipinski definition) is 4. The molecule has 0 saturated carbocycles. The second-order valence-electron chi connectivity index (χ2n) is 4.21. The maximum Gasteiger partial charge on any atom is 0.244 e. The molecule has 1 amide bonds. The average Bonchev–Trinajstić information content (AvgIpc) is 2.35. The maximum atomic E-state index is 11.9. The van der Waals surface area contributed by atoms with Crippen LogP contribution in [0.2, 0.25) is 0 Å². The number of carbonyl (C=O) groups is 1. The number of amides is 1. The van der Waals surface area contributed by atoms with Crippen molar-refractivity contribution in [1.29, 1.82) is 5.26 Å². The largest absolute Gasteiger partial charge is 0.359 e. The third kappa shape index (κ3) is 3.45. The number of rotatable bonds is 4. The summed E-state index contributed by atoms with van der Waals surface area (Å²) in [5, 5.41) is 11.9. The van der Waals surface area contributed by atoms with E-state index in [0.717, 1.165) is 5.69 Å². The van der Waals surface area contributed by atoms with Crippen molar-refractivity contribution >= 4 is 11.7 Å². The predicted molar refractivity (Wildman–Crippen MR) is 70.1 cm³/mol. The molecule has 0 aliphatic heterocycles. The van der Waals surface area contributed by atoms with Crippen molar-refractivity contribution in [3.63, 3.8) is 0 Å². The van der Waals surface area contributed by atoms with Gasteiger partial charge in [0.25, 0.3) is 0 Å². The summed E-state index contributed by atoms with van der Waals surface area (Å²) in [6.07, 6.45) is 0. The predicted octanol–water partition coefficient (Wildman–Crippen LogP) is 1.54. The lowest BCUT2D eigenvalue weighted by Crippen LogP contribution is -2.39. The number of anilines is 1. The molecule has 1 N–H and O–H groups in total. The van der Waals surface area contributed by atoms with Gasteiger partial charge in [-0.2, -0.15) is 5.26 Å². The zero-order valence-corrected chi connectivity index (χ0v) is 11.2. The van der Waals surface area contributed by atoms with E-state index in [0.29, 0.717) is 17.9 Å². The van der Waals surface area contributed by atoms with Crippen molar-refractivity contribution in [2.24, 2.45) is 0 Å². The zero-order chi connectivity index (χ0) is 13.7. The minimum atomic E-state index is -0.365. The first kappa shape index (κ1) is 14.0. The first-order chi connectivity index (χ1) is 8.47. The van der Waals surface area contributed by atoms with Gasteiger partial charge in [-0.05, 0) is 32.9 Å². The first-order valence-corrected chi connectivity index (χ1v) is 5.88.